The molecule has 0 amide bonds. The number of benzene rings is 6. The lowest BCUT2D eigenvalue weighted by Gasteiger charge is -2.16. The quantitative estimate of drug-likeness (QED) is 0.196. The number of para-hydroxylation sites is 1. The maximum absolute atomic E-state index is 6.52. The van der Waals surface area contributed by atoms with Gasteiger partial charge in [-0.1, -0.05) is 78.9 Å². The van der Waals surface area contributed by atoms with E-state index in [2.05, 4.69) is 66.7 Å². The van der Waals surface area contributed by atoms with Crippen LogP contribution in [0.1, 0.15) is 24.0 Å². The van der Waals surface area contributed by atoms with Gasteiger partial charge in [0.15, 0.2) is 17.5 Å². The Morgan fingerprint density at radius 3 is 1.71 bits per heavy atom. The Labute approximate surface area is 276 Å². The van der Waals surface area contributed by atoms with E-state index in [-0.39, 0.29) is 0 Å². The average molecular weight is 620 g/mol. The molecule has 10 rings (SSSR count). The molecule has 48 heavy (non-hydrogen) atoms. The van der Waals surface area contributed by atoms with Gasteiger partial charge in [0.05, 0.1) is 0 Å². The van der Waals surface area contributed by atoms with Crippen LogP contribution in [0.25, 0.3) is 89.2 Å². The third-order valence-corrected chi connectivity index (χ3v) is 9.72. The van der Waals surface area contributed by atoms with Crippen molar-refractivity contribution in [3.8, 4) is 45.3 Å². The summed E-state index contributed by atoms with van der Waals surface area (Å²) in [5.74, 6) is 1.81. The molecule has 1 aliphatic carbocycles. The summed E-state index contributed by atoms with van der Waals surface area (Å²) in [5, 5.41) is 4.27. The van der Waals surface area contributed by atoms with Crippen molar-refractivity contribution >= 4 is 43.9 Å². The molecule has 3 heterocycles. The molecule has 228 valence electrons. The molecule has 0 aliphatic heterocycles. The third kappa shape index (κ3) is 4.50. The molecule has 9 aromatic rings. The summed E-state index contributed by atoms with van der Waals surface area (Å²) in [7, 11) is 0. The van der Waals surface area contributed by atoms with E-state index < -0.39 is 0 Å². The largest absolute Gasteiger partial charge is 0.456 e. The summed E-state index contributed by atoms with van der Waals surface area (Å²) >= 11 is 0. The van der Waals surface area contributed by atoms with Gasteiger partial charge in [-0.3, -0.25) is 0 Å². The normalized spacial score (nSPS) is 13.1. The topological polar surface area (TPSA) is 65.0 Å². The van der Waals surface area contributed by atoms with E-state index in [1.807, 2.05) is 60.7 Å². The summed E-state index contributed by atoms with van der Waals surface area (Å²) < 4.78 is 12.6. The number of fused-ring (bicyclic) bond motifs is 7. The van der Waals surface area contributed by atoms with Crippen molar-refractivity contribution in [3.63, 3.8) is 0 Å². The standard InChI is InChI=1S/C43H29N3O2/c1-2-9-27(10-3-1)41-44-42(31-18-21-38-36(23-31)33-12-6-7-13-37(33)47-38)46-43(45-41)32-17-20-35-34-19-16-30(24-39(34)48-40(35)25-32)29-15-14-26-8-4-5-11-28(26)22-29/h1-3,6-7,9-10,12-25H,4-5,8,11H2. The fourth-order valence-corrected chi connectivity index (χ4v) is 7.22. The molecular weight excluding hydrogens is 590 g/mol. The molecule has 6 aromatic carbocycles. The second kappa shape index (κ2) is 10.7. The molecule has 0 saturated carbocycles. The highest BCUT2D eigenvalue weighted by Gasteiger charge is 2.17. The van der Waals surface area contributed by atoms with E-state index in [4.69, 9.17) is 23.8 Å². The van der Waals surface area contributed by atoms with Crippen LogP contribution in [-0.2, 0) is 12.8 Å². The van der Waals surface area contributed by atoms with Gasteiger partial charge >= 0.3 is 0 Å². The Morgan fingerprint density at radius 2 is 0.896 bits per heavy atom. The molecule has 5 heteroatoms. The third-order valence-electron chi connectivity index (χ3n) is 9.72. The van der Waals surface area contributed by atoms with Crippen molar-refractivity contribution in [2.75, 3.05) is 0 Å². The second-order valence-electron chi connectivity index (χ2n) is 12.7. The van der Waals surface area contributed by atoms with E-state index in [0.29, 0.717) is 17.5 Å². The van der Waals surface area contributed by atoms with E-state index in [9.17, 15) is 0 Å². The van der Waals surface area contributed by atoms with Crippen LogP contribution in [0.15, 0.2) is 136 Å². The van der Waals surface area contributed by atoms with Gasteiger partial charge < -0.3 is 8.83 Å². The monoisotopic (exact) mass is 619 g/mol. The van der Waals surface area contributed by atoms with Crippen LogP contribution >= 0.6 is 0 Å². The smallest absolute Gasteiger partial charge is 0.164 e. The number of aromatic nitrogens is 3. The summed E-state index contributed by atoms with van der Waals surface area (Å²) in [4.78, 5) is 15.0. The lowest BCUT2D eigenvalue weighted by molar-refractivity contribution is 0.668. The number of furan rings is 2. The summed E-state index contributed by atoms with van der Waals surface area (Å²) in [6.07, 6.45) is 4.91. The number of aryl methyl sites for hydroxylation is 2. The van der Waals surface area contributed by atoms with Crippen LogP contribution in [0.2, 0.25) is 0 Å². The fourth-order valence-electron chi connectivity index (χ4n) is 7.22. The van der Waals surface area contributed by atoms with Crippen LogP contribution in [0.3, 0.4) is 0 Å². The van der Waals surface area contributed by atoms with Gasteiger partial charge in [-0.15, -0.1) is 0 Å². The van der Waals surface area contributed by atoms with Crippen molar-refractivity contribution in [2.24, 2.45) is 0 Å². The van der Waals surface area contributed by atoms with Crippen molar-refractivity contribution in [1.29, 1.82) is 0 Å². The number of hydrogen-bond donors (Lipinski definition) is 0. The molecule has 0 unspecified atom stereocenters. The Kier molecular flexibility index (Phi) is 6.06. The van der Waals surface area contributed by atoms with Crippen LogP contribution < -0.4 is 0 Å². The Hall–Kier alpha value is -6.07. The second-order valence-corrected chi connectivity index (χ2v) is 12.7. The lowest BCUT2D eigenvalue weighted by atomic mass is 9.89. The first kappa shape index (κ1) is 27.1. The minimum absolute atomic E-state index is 0.591. The highest BCUT2D eigenvalue weighted by atomic mass is 16.3. The summed E-state index contributed by atoms with van der Waals surface area (Å²) in [6.45, 7) is 0. The molecule has 0 saturated heterocycles. The zero-order chi connectivity index (χ0) is 31.6. The molecule has 5 nitrogen and oxygen atoms in total. The van der Waals surface area contributed by atoms with E-state index in [1.165, 1.54) is 47.9 Å². The van der Waals surface area contributed by atoms with E-state index in [0.717, 1.165) is 60.6 Å². The van der Waals surface area contributed by atoms with Crippen molar-refractivity contribution < 1.29 is 8.83 Å². The molecule has 0 radical (unpaired) electrons. The number of hydrogen-bond acceptors (Lipinski definition) is 5. The van der Waals surface area contributed by atoms with Crippen LogP contribution in [0.4, 0.5) is 0 Å². The van der Waals surface area contributed by atoms with Crippen molar-refractivity contribution in [1.82, 2.24) is 15.0 Å². The van der Waals surface area contributed by atoms with Crippen molar-refractivity contribution in [3.05, 3.63) is 139 Å². The molecule has 3 aromatic heterocycles. The molecule has 1 aliphatic rings. The summed E-state index contributed by atoms with van der Waals surface area (Å²) in [5.41, 5.74) is 11.5. The van der Waals surface area contributed by atoms with Gasteiger partial charge in [0.2, 0.25) is 0 Å². The van der Waals surface area contributed by atoms with Gasteiger partial charge in [0, 0.05) is 38.2 Å². The first-order valence-electron chi connectivity index (χ1n) is 16.6. The van der Waals surface area contributed by atoms with Gasteiger partial charge in [-0.2, -0.15) is 0 Å². The van der Waals surface area contributed by atoms with Crippen molar-refractivity contribution in [2.45, 2.75) is 25.7 Å². The number of rotatable bonds is 4. The predicted octanol–water partition coefficient (Wildman–Crippen LogP) is 11.2. The molecular formula is C43H29N3O2. The first-order valence-corrected chi connectivity index (χ1v) is 16.6. The number of nitrogens with zero attached hydrogens (tertiary/aromatic N) is 3. The molecule has 0 bridgehead atoms. The minimum Gasteiger partial charge on any atom is -0.456 e. The summed E-state index contributed by atoms with van der Waals surface area (Å²) in [6, 6.07) is 44.0. The van der Waals surface area contributed by atoms with E-state index >= 15 is 0 Å². The van der Waals surface area contributed by atoms with Crippen LogP contribution in [-0.4, -0.2) is 15.0 Å². The molecule has 0 N–H and O–H groups in total. The zero-order valence-electron chi connectivity index (χ0n) is 26.1. The molecule has 0 fully saturated rings. The van der Waals surface area contributed by atoms with Gasteiger partial charge in [-0.05, 0) is 96.5 Å². The van der Waals surface area contributed by atoms with Gasteiger partial charge in [-0.25, -0.2) is 15.0 Å². The first-order chi connectivity index (χ1) is 23.7. The van der Waals surface area contributed by atoms with Crippen LogP contribution in [0, 0.1) is 0 Å². The van der Waals surface area contributed by atoms with E-state index in [1.54, 1.807) is 0 Å². The van der Waals surface area contributed by atoms with Gasteiger partial charge in [0.25, 0.3) is 0 Å². The lowest BCUT2D eigenvalue weighted by Crippen LogP contribution is -2.02. The molecule has 0 atom stereocenters. The SMILES string of the molecule is c1ccc(-c2nc(-c3ccc4c(c3)oc3cc(-c5ccc6c(c5)CCCC6)ccc34)nc(-c3ccc4oc5ccccc5c4c3)n2)cc1. The van der Waals surface area contributed by atoms with Gasteiger partial charge in [0.1, 0.15) is 22.3 Å². The maximum Gasteiger partial charge on any atom is 0.164 e. The predicted molar refractivity (Wildman–Crippen MR) is 193 cm³/mol. The maximum atomic E-state index is 6.52. The van der Waals surface area contributed by atoms with Crippen LogP contribution in [0.5, 0.6) is 0 Å². The highest BCUT2D eigenvalue weighted by molar-refractivity contribution is 6.07. The minimum atomic E-state index is 0.591. The average Bonchev–Trinajstić information content (AvgIpc) is 3.72. The highest BCUT2D eigenvalue weighted by Crippen LogP contribution is 2.37. The Morgan fingerprint density at radius 1 is 0.354 bits per heavy atom. The zero-order valence-corrected chi connectivity index (χ0v) is 26.1. The fraction of sp³-hybridized carbons (Fsp3) is 0.0930. The Balaban J connectivity index is 1.09. The molecule has 0 spiro atoms. The Bertz CT molecular complexity index is 2690.